The summed E-state index contributed by atoms with van der Waals surface area (Å²) in [5.74, 6) is -1.33. The number of carbonyl (C=O) groups is 2. The molecule has 32 heavy (non-hydrogen) atoms. The van der Waals surface area contributed by atoms with Crippen LogP contribution in [0.2, 0.25) is 0 Å². The van der Waals surface area contributed by atoms with Crippen molar-refractivity contribution >= 4 is 38.9 Å². The quantitative estimate of drug-likeness (QED) is 0.540. The molecule has 0 bridgehead atoms. The van der Waals surface area contributed by atoms with Gasteiger partial charge in [0.1, 0.15) is 5.69 Å². The van der Waals surface area contributed by atoms with Crippen LogP contribution in [0, 0.1) is 17.8 Å². The molecule has 0 saturated heterocycles. The van der Waals surface area contributed by atoms with Crippen molar-refractivity contribution in [3.63, 3.8) is 0 Å². The highest BCUT2D eigenvalue weighted by Crippen LogP contribution is 2.49. The Morgan fingerprint density at radius 3 is 2.28 bits per heavy atom. The molecule has 0 radical (unpaired) electrons. The highest BCUT2D eigenvalue weighted by Gasteiger charge is 2.54. The van der Waals surface area contributed by atoms with Crippen LogP contribution in [-0.4, -0.2) is 30.7 Å². The molecular formula is C21H22ClF3N2O4S. The van der Waals surface area contributed by atoms with Gasteiger partial charge in [-0.05, 0) is 46.2 Å². The van der Waals surface area contributed by atoms with Crippen LogP contribution in [0.15, 0.2) is 39.1 Å². The van der Waals surface area contributed by atoms with Gasteiger partial charge in [-0.3, -0.25) is 9.59 Å². The third-order valence-corrected chi connectivity index (χ3v) is 7.10. The number of halogens is 4. The van der Waals surface area contributed by atoms with E-state index in [-0.39, 0.29) is 34.0 Å². The maximum Gasteiger partial charge on any atom is 0.433 e. The molecule has 174 valence electrons. The van der Waals surface area contributed by atoms with E-state index in [0.29, 0.717) is 11.5 Å². The van der Waals surface area contributed by atoms with Gasteiger partial charge in [0, 0.05) is 21.7 Å². The van der Waals surface area contributed by atoms with Gasteiger partial charge in [0.05, 0.1) is 22.1 Å². The largest absolute Gasteiger partial charge is 0.433 e. The molecule has 0 spiro atoms. The van der Waals surface area contributed by atoms with Crippen LogP contribution in [0.4, 0.5) is 13.2 Å². The molecule has 0 N–H and O–H groups in total. The Morgan fingerprint density at radius 1 is 1.28 bits per heavy atom. The van der Waals surface area contributed by atoms with E-state index in [9.17, 15) is 31.2 Å². The first-order chi connectivity index (χ1) is 14.4. The molecule has 0 saturated carbocycles. The Labute approximate surface area is 189 Å². The van der Waals surface area contributed by atoms with Crippen molar-refractivity contribution in [2.24, 2.45) is 15.2 Å². The third-order valence-electron chi connectivity index (χ3n) is 5.58. The van der Waals surface area contributed by atoms with Gasteiger partial charge in [-0.1, -0.05) is 25.1 Å². The average Bonchev–Trinajstić information content (AvgIpc) is 2.70. The number of rotatable bonds is 5. The summed E-state index contributed by atoms with van der Waals surface area (Å²) in [7, 11) is -4.28. The molecule has 0 aliphatic heterocycles. The van der Waals surface area contributed by atoms with E-state index in [1.165, 1.54) is 27.7 Å². The van der Waals surface area contributed by atoms with Crippen molar-refractivity contribution in [1.29, 1.82) is 0 Å². The van der Waals surface area contributed by atoms with Gasteiger partial charge in [-0.25, -0.2) is 4.98 Å². The number of carbonyl (C=O) groups excluding carboxylic acids is 2. The number of Topliss-reactive ketones (excluding diaryl/α,β-unsaturated/α-hetero) is 2. The lowest BCUT2D eigenvalue weighted by atomic mass is 9.61. The molecule has 1 heterocycles. The summed E-state index contributed by atoms with van der Waals surface area (Å²) in [5, 5.41) is 0.303. The van der Waals surface area contributed by atoms with Gasteiger partial charge in [0.2, 0.25) is 0 Å². The maximum absolute atomic E-state index is 13.5. The fourth-order valence-corrected chi connectivity index (χ4v) is 4.41. The van der Waals surface area contributed by atoms with Crippen LogP contribution in [0.1, 0.15) is 55.9 Å². The summed E-state index contributed by atoms with van der Waals surface area (Å²) in [4.78, 5) is 30.2. The lowest BCUT2D eigenvalue weighted by Crippen LogP contribution is -2.50. The second-order valence-electron chi connectivity index (χ2n) is 8.11. The normalized spacial score (nSPS) is 22.9. The molecule has 1 aliphatic carbocycles. The van der Waals surface area contributed by atoms with Crippen molar-refractivity contribution in [2.45, 2.75) is 47.2 Å². The van der Waals surface area contributed by atoms with E-state index < -0.39 is 44.3 Å². The SMILES string of the molecule is C=CS(=O)(=O)/N=C1/C(C(=O)c2ccc(C(F)(F)F)nc2C)=C(Cl)C(C)(C)C(=O)C1(C)CC. The number of ketones is 2. The Balaban J connectivity index is 2.90. The minimum Gasteiger partial charge on any atom is -0.298 e. The summed E-state index contributed by atoms with van der Waals surface area (Å²) in [6.45, 7) is 10.4. The Kier molecular flexibility index (Phi) is 6.66. The fraction of sp³-hybridized carbons (Fsp3) is 0.429. The Bertz CT molecular complexity index is 1180. The molecule has 1 aromatic heterocycles. The molecular weight excluding hydrogens is 469 g/mol. The molecule has 1 atom stereocenters. The first-order valence-corrected chi connectivity index (χ1v) is 11.3. The van der Waals surface area contributed by atoms with Crippen molar-refractivity contribution in [3.8, 4) is 0 Å². The van der Waals surface area contributed by atoms with E-state index in [1.807, 2.05) is 0 Å². The number of sulfonamides is 1. The topological polar surface area (TPSA) is 93.5 Å². The molecule has 0 amide bonds. The number of hydrogen-bond donors (Lipinski definition) is 0. The Morgan fingerprint density at radius 2 is 1.84 bits per heavy atom. The fourth-order valence-electron chi connectivity index (χ4n) is 3.53. The van der Waals surface area contributed by atoms with Gasteiger partial charge < -0.3 is 0 Å². The van der Waals surface area contributed by atoms with Crippen molar-refractivity contribution in [3.05, 3.63) is 51.7 Å². The lowest BCUT2D eigenvalue weighted by molar-refractivity contribution is -0.141. The maximum atomic E-state index is 13.5. The van der Waals surface area contributed by atoms with Crippen LogP contribution in [0.25, 0.3) is 0 Å². The molecule has 0 fully saturated rings. The van der Waals surface area contributed by atoms with Crippen LogP contribution in [0.5, 0.6) is 0 Å². The summed E-state index contributed by atoms with van der Waals surface area (Å²) in [6, 6.07) is 1.58. The van der Waals surface area contributed by atoms with E-state index >= 15 is 0 Å². The number of aryl methyl sites for hydroxylation is 1. The van der Waals surface area contributed by atoms with Gasteiger partial charge in [0.15, 0.2) is 11.6 Å². The number of hydrogen-bond acceptors (Lipinski definition) is 5. The minimum absolute atomic E-state index is 0.0892. The predicted molar refractivity (Wildman–Crippen MR) is 115 cm³/mol. The highest BCUT2D eigenvalue weighted by molar-refractivity contribution is 7.93. The van der Waals surface area contributed by atoms with Crippen molar-refractivity contribution in [1.82, 2.24) is 4.98 Å². The summed E-state index contributed by atoms with van der Waals surface area (Å²) in [5.41, 5.74) is -5.25. The van der Waals surface area contributed by atoms with Gasteiger partial charge in [0.25, 0.3) is 10.0 Å². The third kappa shape index (κ3) is 4.30. The average molecular weight is 491 g/mol. The molecule has 11 heteroatoms. The van der Waals surface area contributed by atoms with Crippen LogP contribution >= 0.6 is 11.6 Å². The highest BCUT2D eigenvalue weighted by atomic mass is 35.5. The van der Waals surface area contributed by atoms with E-state index in [4.69, 9.17) is 11.6 Å². The number of aromatic nitrogens is 1. The Hall–Kier alpha value is -2.33. The molecule has 1 unspecified atom stereocenters. The van der Waals surface area contributed by atoms with Gasteiger partial charge in [-0.15, -0.1) is 0 Å². The molecule has 0 aromatic carbocycles. The van der Waals surface area contributed by atoms with Crippen LogP contribution < -0.4 is 0 Å². The molecule has 1 aliphatic rings. The first-order valence-electron chi connectivity index (χ1n) is 9.47. The lowest BCUT2D eigenvalue weighted by Gasteiger charge is -2.42. The van der Waals surface area contributed by atoms with E-state index in [2.05, 4.69) is 16.0 Å². The number of nitrogens with zero attached hydrogens (tertiary/aromatic N) is 2. The summed E-state index contributed by atoms with van der Waals surface area (Å²) >= 11 is 6.46. The van der Waals surface area contributed by atoms with E-state index in [1.54, 1.807) is 6.92 Å². The summed E-state index contributed by atoms with van der Waals surface area (Å²) < 4.78 is 67.1. The van der Waals surface area contributed by atoms with Crippen LogP contribution in [0.3, 0.4) is 0 Å². The zero-order valence-electron chi connectivity index (χ0n) is 18.1. The van der Waals surface area contributed by atoms with E-state index in [0.717, 1.165) is 6.07 Å². The van der Waals surface area contributed by atoms with Gasteiger partial charge >= 0.3 is 6.18 Å². The first kappa shape index (κ1) is 25.9. The predicted octanol–water partition coefficient (Wildman–Crippen LogP) is 5.02. The minimum atomic E-state index is -4.71. The second kappa shape index (κ2) is 8.22. The van der Waals surface area contributed by atoms with Crippen molar-refractivity contribution in [2.75, 3.05) is 0 Å². The smallest absolute Gasteiger partial charge is 0.298 e. The monoisotopic (exact) mass is 490 g/mol. The second-order valence-corrected chi connectivity index (χ2v) is 10.0. The standard InChI is InChI=1S/C21H22ClF3N2O4S/c1-7-20(6)17(27-32(30,31)8-2)14(16(22)19(4,5)18(20)29)15(28)12-9-10-13(21(23,24)25)26-11(12)3/h8-10H,2,7H2,1,3-6H3/b27-17-. The summed E-state index contributed by atoms with van der Waals surface area (Å²) in [6.07, 6.45) is -4.63. The zero-order chi connectivity index (χ0) is 24.9. The van der Waals surface area contributed by atoms with Crippen LogP contribution in [-0.2, 0) is 21.0 Å². The van der Waals surface area contributed by atoms with Gasteiger partial charge in [-0.2, -0.15) is 26.0 Å². The number of alkyl halides is 3. The number of allylic oxidation sites excluding steroid dienone is 2. The molecule has 2 rings (SSSR count). The zero-order valence-corrected chi connectivity index (χ0v) is 19.7. The molecule has 6 nitrogen and oxygen atoms in total. The van der Waals surface area contributed by atoms with Crippen molar-refractivity contribution < 1.29 is 31.2 Å². The number of pyridine rings is 1. The molecule has 1 aromatic rings.